The van der Waals surface area contributed by atoms with E-state index in [4.69, 9.17) is 19.7 Å². The zero-order valence-electron chi connectivity index (χ0n) is 12.0. The van der Waals surface area contributed by atoms with E-state index in [-0.39, 0.29) is 5.56 Å². The van der Waals surface area contributed by atoms with Crippen molar-refractivity contribution in [2.75, 3.05) is 26.9 Å². The Labute approximate surface area is 122 Å². The first-order valence-corrected chi connectivity index (χ1v) is 6.28. The molecular formula is C14H19NO6. The van der Waals surface area contributed by atoms with Crippen molar-refractivity contribution in [3.05, 3.63) is 29.8 Å². The van der Waals surface area contributed by atoms with E-state index < -0.39 is 37.2 Å². The number of ether oxygens (including phenoxy) is 2. The average molecular weight is 297 g/mol. The van der Waals surface area contributed by atoms with Crippen LogP contribution in [0.4, 0.5) is 0 Å². The molecule has 3 N–H and O–H groups in total. The Kier molecular flexibility index (Phi) is 6.13. The molecule has 0 unspecified atom stereocenters. The lowest BCUT2D eigenvalue weighted by Crippen LogP contribution is -2.52. The Morgan fingerprint density at radius 1 is 1.24 bits per heavy atom. The monoisotopic (exact) mass is 297 g/mol. The molecule has 1 aromatic rings. The number of carbonyl (C=O) groups excluding carboxylic acids is 2. The minimum absolute atomic E-state index is 0.208. The lowest BCUT2D eigenvalue weighted by Gasteiger charge is -2.25. The maximum absolute atomic E-state index is 11.9. The number of para-hydroxylation sites is 1. The fourth-order valence-corrected chi connectivity index (χ4v) is 1.52. The fraction of sp³-hybridized carbons (Fsp3) is 0.429. The van der Waals surface area contributed by atoms with Gasteiger partial charge in [0.2, 0.25) is 0 Å². The molecule has 0 fully saturated rings. The summed E-state index contributed by atoms with van der Waals surface area (Å²) in [6.45, 7) is 0.0742. The van der Waals surface area contributed by atoms with Crippen molar-refractivity contribution in [2.24, 2.45) is 0 Å². The second kappa shape index (κ2) is 7.61. The van der Waals surface area contributed by atoms with Crippen molar-refractivity contribution in [3.63, 3.8) is 0 Å². The molecule has 0 aromatic heterocycles. The van der Waals surface area contributed by atoms with Crippen molar-refractivity contribution in [1.29, 1.82) is 0 Å². The van der Waals surface area contributed by atoms with Gasteiger partial charge in [0, 0.05) is 0 Å². The molecule has 0 aliphatic heterocycles. The normalized spacial score (nSPS) is 10.9. The number of nitrogens with one attached hydrogen (secondary N) is 1. The number of rotatable bonds is 7. The van der Waals surface area contributed by atoms with E-state index in [1.807, 2.05) is 0 Å². The van der Waals surface area contributed by atoms with Gasteiger partial charge in [0.15, 0.2) is 6.61 Å². The van der Waals surface area contributed by atoms with Crippen LogP contribution in [0.15, 0.2) is 24.3 Å². The van der Waals surface area contributed by atoms with Crippen LogP contribution in [0.3, 0.4) is 0 Å². The molecule has 7 heteroatoms. The lowest BCUT2D eigenvalue weighted by atomic mass is 10.1. The number of methoxy groups -OCH3 is 1. The molecule has 0 atom stereocenters. The van der Waals surface area contributed by atoms with E-state index in [2.05, 4.69) is 5.32 Å². The first-order chi connectivity index (χ1) is 9.95. The van der Waals surface area contributed by atoms with Crippen molar-refractivity contribution < 1.29 is 29.3 Å². The van der Waals surface area contributed by atoms with E-state index in [1.54, 1.807) is 18.2 Å². The molecule has 0 aliphatic carbocycles. The maximum atomic E-state index is 11.9. The summed E-state index contributed by atoms with van der Waals surface area (Å²) in [7, 11) is 1.42. The molecule has 1 aromatic carbocycles. The molecule has 0 saturated heterocycles. The third kappa shape index (κ3) is 4.73. The number of aliphatic hydroxyl groups is 2. The predicted molar refractivity (Wildman–Crippen MR) is 74.0 cm³/mol. The molecule has 0 bridgehead atoms. The Bertz CT molecular complexity index is 498. The van der Waals surface area contributed by atoms with Crippen LogP contribution in [-0.2, 0) is 9.53 Å². The molecule has 1 amide bonds. The maximum Gasteiger partial charge on any atom is 0.342 e. The van der Waals surface area contributed by atoms with Crippen LogP contribution in [0.5, 0.6) is 5.75 Å². The van der Waals surface area contributed by atoms with Crippen LogP contribution in [0.25, 0.3) is 0 Å². The fourth-order valence-electron chi connectivity index (χ4n) is 1.52. The Morgan fingerprint density at radius 3 is 2.43 bits per heavy atom. The van der Waals surface area contributed by atoms with Gasteiger partial charge in [-0.2, -0.15) is 0 Å². The van der Waals surface area contributed by atoms with Gasteiger partial charge >= 0.3 is 5.97 Å². The highest BCUT2D eigenvalue weighted by Crippen LogP contribution is 2.18. The molecule has 0 aliphatic rings. The number of hydrogen-bond donors (Lipinski definition) is 3. The molecular weight excluding hydrogens is 278 g/mol. The number of carbonyl (C=O) groups is 2. The second-order valence-corrected chi connectivity index (χ2v) is 4.70. The topological polar surface area (TPSA) is 105 Å². The molecule has 21 heavy (non-hydrogen) atoms. The first-order valence-electron chi connectivity index (χ1n) is 6.28. The number of hydrogen-bond acceptors (Lipinski definition) is 6. The van der Waals surface area contributed by atoms with Gasteiger partial charge < -0.3 is 25.0 Å². The van der Waals surface area contributed by atoms with E-state index in [0.717, 1.165) is 0 Å². The molecule has 116 valence electrons. The van der Waals surface area contributed by atoms with Gasteiger partial charge in [-0.05, 0) is 19.1 Å². The SMILES string of the molecule is COc1ccccc1C(=O)OCC(=O)NC(C)(CO)CO. The van der Waals surface area contributed by atoms with E-state index >= 15 is 0 Å². The van der Waals surface area contributed by atoms with Gasteiger partial charge in [0.25, 0.3) is 5.91 Å². The van der Waals surface area contributed by atoms with E-state index in [0.29, 0.717) is 5.75 Å². The average Bonchev–Trinajstić information content (AvgIpc) is 2.52. The van der Waals surface area contributed by atoms with Gasteiger partial charge in [-0.3, -0.25) is 4.79 Å². The summed E-state index contributed by atoms with van der Waals surface area (Å²) in [5.41, 5.74) is -0.951. The number of esters is 1. The summed E-state index contributed by atoms with van der Waals surface area (Å²) in [5, 5.41) is 20.5. The van der Waals surface area contributed by atoms with Gasteiger partial charge in [0.05, 0.1) is 25.9 Å². The highest BCUT2D eigenvalue weighted by Gasteiger charge is 2.25. The number of amides is 1. The second-order valence-electron chi connectivity index (χ2n) is 4.70. The highest BCUT2D eigenvalue weighted by atomic mass is 16.5. The van der Waals surface area contributed by atoms with Crippen LogP contribution in [0.2, 0.25) is 0 Å². The number of benzene rings is 1. The zero-order valence-corrected chi connectivity index (χ0v) is 12.0. The third-order valence-electron chi connectivity index (χ3n) is 2.80. The summed E-state index contributed by atoms with van der Waals surface area (Å²) >= 11 is 0. The highest BCUT2D eigenvalue weighted by molar-refractivity contribution is 5.94. The summed E-state index contributed by atoms with van der Waals surface area (Å²) in [6, 6.07) is 6.47. The van der Waals surface area contributed by atoms with Gasteiger partial charge in [-0.25, -0.2) is 4.79 Å². The summed E-state index contributed by atoms with van der Waals surface area (Å²) in [4.78, 5) is 23.5. The van der Waals surface area contributed by atoms with E-state index in [9.17, 15) is 9.59 Å². The van der Waals surface area contributed by atoms with Gasteiger partial charge in [-0.15, -0.1) is 0 Å². The van der Waals surface area contributed by atoms with E-state index in [1.165, 1.54) is 20.1 Å². The quantitative estimate of drug-likeness (QED) is 0.597. The molecule has 0 radical (unpaired) electrons. The molecule has 0 saturated carbocycles. The van der Waals surface area contributed by atoms with Crippen LogP contribution >= 0.6 is 0 Å². The standard InChI is InChI=1S/C14H19NO6/c1-14(8-16,9-17)15-12(18)7-21-13(19)10-5-3-4-6-11(10)20-2/h3-6,16-17H,7-9H2,1-2H3,(H,15,18). The zero-order chi connectivity index (χ0) is 15.9. The van der Waals surface area contributed by atoms with Crippen LogP contribution in [0.1, 0.15) is 17.3 Å². The Balaban J connectivity index is 2.59. The van der Waals surface area contributed by atoms with Gasteiger partial charge in [-0.1, -0.05) is 12.1 Å². The van der Waals surface area contributed by atoms with Crippen LogP contribution in [0, 0.1) is 0 Å². The summed E-state index contributed by atoms with van der Waals surface area (Å²) in [6.07, 6.45) is 0. The molecule has 0 heterocycles. The Morgan fingerprint density at radius 2 is 1.86 bits per heavy atom. The first kappa shape index (κ1) is 16.9. The molecule has 7 nitrogen and oxygen atoms in total. The minimum atomic E-state index is -1.16. The Hall–Kier alpha value is -2.12. The lowest BCUT2D eigenvalue weighted by molar-refractivity contribution is -0.127. The van der Waals surface area contributed by atoms with Crippen molar-refractivity contribution >= 4 is 11.9 Å². The summed E-state index contributed by atoms with van der Waals surface area (Å²) < 4.78 is 9.89. The predicted octanol–water partition coefficient (Wildman–Crippen LogP) is -0.288. The minimum Gasteiger partial charge on any atom is -0.496 e. The van der Waals surface area contributed by atoms with Crippen molar-refractivity contribution in [1.82, 2.24) is 5.32 Å². The van der Waals surface area contributed by atoms with Crippen LogP contribution < -0.4 is 10.1 Å². The molecule has 1 rings (SSSR count). The van der Waals surface area contributed by atoms with Crippen molar-refractivity contribution in [2.45, 2.75) is 12.5 Å². The smallest absolute Gasteiger partial charge is 0.342 e. The van der Waals surface area contributed by atoms with Gasteiger partial charge in [0.1, 0.15) is 11.3 Å². The van der Waals surface area contributed by atoms with Crippen molar-refractivity contribution in [3.8, 4) is 5.75 Å². The number of aliphatic hydroxyl groups excluding tert-OH is 2. The van der Waals surface area contributed by atoms with Crippen LogP contribution in [-0.4, -0.2) is 54.6 Å². The third-order valence-corrected chi connectivity index (χ3v) is 2.80. The molecule has 0 spiro atoms. The summed E-state index contributed by atoms with van der Waals surface area (Å²) in [5.74, 6) is -0.973. The largest absolute Gasteiger partial charge is 0.496 e.